The van der Waals surface area contributed by atoms with Gasteiger partial charge in [-0.15, -0.1) is 0 Å². The third-order valence-corrected chi connectivity index (χ3v) is 4.25. The molecule has 1 saturated heterocycles. The van der Waals surface area contributed by atoms with Crippen LogP contribution in [0.1, 0.15) is 23.3 Å². The molecule has 0 spiro atoms. The maximum Gasteiger partial charge on any atom is 0.273 e. The Hall–Kier alpha value is -2.61. The summed E-state index contributed by atoms with van der Waals surface area (Å²) in [6, 6.07) is 2.94. The van der Waals surface area contributed by atoms with E-state index in [9.17, 15) is 14.3 Å². The number of aliphatic hydroxyl groups is 1. The number of hydrogen-bond donors (Lipinski definition) is 1. The molecule has 0 saturated carbocycles. The molecular formula is C17H20FN5O2. The molecule has 1 aliphatic heterocycles. The Morgan fingerprint density at radius 1 is 1.36 bits per heavy atom. The van der Waals surface area contributed by atoms with Crippen molar-refractivity contribution in [1.29, 1.82) is 0 Å². The monoisotopic (exact) mass is 345 g/mol. The molecule has 3 rings (SSSR count). The largest absolute Gasteiger partial charge is 0.386 e. The van der Waals surface area contributed by atoms with Gasteiger partial charge in [-0.2, -0.15) is 0 Å². The fourth-order valence-corrected chi connectivity index (χ4v) is 3.11. The molecular weight excluding hydrogens is 325 g/mol. The third-order valence-electron chi connectivity index (χ3n) is 4.25. The van der Waals surface area contributed by atoms with Crippen molar-refractivity contribution < 1.29 is 14.3 Å². The molecule has 8 heteroatoms. The summed E-state index contributed by atoms with van der Waals surface area (Å²) >= 11 is 0. The lowest BCUT2D eigenvalue weighted by atomic mass is 9.92. The van der Waals surface area contributed by atoms with E-state index in [1.54, 1.807) is 13.1 Å². The first kappa shape index (κ1) is 17.2. The van der Waals surface area contributed by atoms with Gasteiger partial charge < -0.3 is 14.9 Å². The summed E-state index contributed by atoms with van der Waals surface area (Å²) in [6.45, 7) is 1.21. The van der Waals surface area contributed by atoms with Crippen LogP contribution >= 0.6 is 0 Å². The van der Waals surface area contributed by atoms with Crippen LogP contribution in [0.25, 0.3) is 0 Å². The van der Waals surface area contributed by atoms with Gasteiger partial charge in [-0.05, 0) is 25.0 Å². The number of nitrogens with zero attached hydrogens (tertiary/aromatic N) is 5. The van der Waals surface area contributed by atoms with Gasteiger partial charge in [0, 0.05) is 32.5 Å². The van der Waals surface area contributed by atoms with Crippen molar-refractivity contribution in [3.8, 4) is 0 Å². The SMILES string of the molecule is CN(C[C@]1(O)CCCN(c2ccc(F)cn2)C1)C(=O)c1cnccn1. The number of amides is 1. The Morgan fingerprint density at radius 3 is 2.88 bits per heavy atom. The van der Waals surface area contributed by atoms with Crippen LogP contribution in [0.5, 0.6) is 0 Å². The summed E-state index contributed by atoms with van der Waals surface area (Å²) in [5, 5.41) is 11.0. The molecule has 1 amide bonds. The van der Waals surface area contributed by atoms with Crippen molar-refractivity contribution >= 4 is 11.7 Å². The first-order valence-electron chi connectivity index (χ1n) is 8.07. The van der Waals surface area contributed by atoms with E-state index in [1.807, 2.05) is 4.90 Å². The Kier molecular flexibility index (Phi) is 4.89. The Balaban J connectivity index is 1.68. The zero-order valence-corrected chi connectivity index (χ0v) is 14.0. The van der Waals surface area contributed by atoms with Crippen LogP contribution in [0, 0.1) is 5.82 Å². The van der Waals surface area contributed by atoms with Crippen molar-refractivity contribution in [1.82, 2.24) is 19.9 Å². The van der Waals surface area contributed by atoms with Crippen LogP contribution in [0.3, 0.4) is 0 Å². The Morgan fingerprint density at radius 2 is 2.20 bits per heavy atom. The third kappa shape index (κ3) is 4.08. The number of halogens is 1. The van der Waals surface area contributed by atoms with E-state index < -0.39 is 11.4 Å². The zero-order chi connectivity index (χ0) is 17.9. The van der Waals surface area contributed by atoms with Gasteiger partial charge in [0.1, 0.15) is 17.3 Å². The first-order valence-corrected chi connectivity index (χ1v) is 8.07. The van der Waals surface area contributed by atoms with E-state index in [-0.39, 0.29) is 18.1 Å². The first-order chi connectivity index (χ1) is 12.0. The number of β-amino-alcohol motifs (C(OH)–C–C–N with tert-alkyl or cyclic N) is 1. The lowest BCUT2D eigenvalue weighted by molar-refractivity contribution is -0.000293. The fourth-order valence-electron chi connectivity index (χ4n) is 3.11. The van der Waals surface area contributed by atoms with Crippen molar-refractivity contribution in [3.63, 3.8) is 0 Å². The van der Waals surface area contributed by atoms with Crippen LogP contribution in [0.15, 0.2) is 36.9 Å². The normalized spacial score (nSPS) is 20.4. The van der Waals surface area contributed by atoms with E-state index >= 15 is 0 Å². The van der Waals surface area contributed by atoms with E-state index in [0.717, 1.165) is 19.2 Å². The minimum atomic E-state index is -1.07. The van der Waals surface area contributed by atoms with Gasteiger partial charge in [-0.25, -0.2) is 14.4 Å². The lowest BCUT2D eigenvalue weighted by Gasteiger charge is -2.41. The van der Waals surface area contributed by atoms with Crippen LogP contribution < -0.4 is 4.90 Å². The molecule has 1 N–H and O–H groups in total. The van der Waals surface area contributed by atoms with Crippen molar-refractivity contribution in [3.05, 3.63) is 48.4 Å². The summed E-state index contributed by atoms with van der Waals surface area (Å²) in [6.07, 6.45) is 6.84. The molecule has 132 valence electrons. The van der Waals surface area contributed by atoms with Gasteiger partial charge >= 0.3 is 0 Å². The smallest absolute Gasteiger partial charge is 0.273 e. The van der Waals surface area contributed by atoms with Gasteiger partial charge in [-0.1, -0.05) is 0 Å². The number of piperidine rings is 1. The summed E-state index contributed by atoms with van der Waals surface area (Å²) < 4.78 is 13.0. The quantitative estimate of drug-likeness (QED) is 0.894. The van der Waals surface area contributed by atoms with Crippen LogP contribution in [-0.2, 0) is 0 Å². The summed E-state index contributed by atoms with van der Waals surface area (Å²) in [7, 11) is 1.63. The van der Waals surface area contributed by atoms with Crippen LogP contribution in [0.2, 0.25) is 0 Å². The summed E-state index contributed by atoms with van der Waals surface area (Å²) in [5.41, 5.74) is -0.831. The van der Waals surface area contributed by atoms with E-state index in [4.69, 9.17) is 0 Å². The maximum atomic E-state index is 13.0. The molecule has 1 atom stereocenters. The Labute approximate surface area is 145 Å². The van der Waals surface area contributed by atoms with Gasteiger partial charge in [0.2, 0.25) is 0 Å². The second kappa shape index (κ2) is 7.10. The van der Waals surface area contributed by atoms with Gasteiger partial charge in [-0.3, -0.25) is 9.78 Å². The molecule has 0 aliphatic carbocycles. The predicted octanol–water partition coefficient (Wildman–Crippen LogP) is 1.11. The number of aromatic nitrogens is 3. The molecule has 25 heavy (non-hydrogen) atoms. The average Bonchev–Trinajstić information content (AvgIpc) is 2.62. The number of rotatable bonds is 4. The second-order valence-electron chi connectivity index (χ2n) is 6.34. The number of carbonyl (C=O) groups excluding carboxylic acids is 1. The molecule has 7 nitrogen and oxygen atoms in total. The molecule has 0 radical (unpaired) electrons. The van der Waals surface area contributed by atoms with Crippen LogP contribution in [-0.4, -0.2) is 63.1 Å². The van der Waals surface area contributed by atoms with Crippen molar-refractivity contribution in [2.24, 2.45) is 0 Å². The standard InChI is InChI=1S/C17H20FN5O2/c1-22(16(24)14-10-19-6-7-20-14)11-17(25)5-2-8-23(12-17)15-4-3-13(18)9-21-15/h3-4,6-7,9-10,25H,2,5,8,11-12H2,1H3/t17-/m1/s1. The molecule has 2 aromatic rings. The molecule has 3 heterocycles. The highest BCUT2D eigenvalue weighted by Gasteiger charge is 2.36. The number of likely N-dealkylation sites (N-methyl/N-ethyl adjacent to an activating group) is 1. The molecule has 0 unspecified atom stereocenters. The Bertz CT molecular complexity index is 728. The maximum absolute atomic E-state index is 13.0. The molecule has 0 aromatic carbocycles. The predicted molar refractivity (Wildman–Crippen MR) is 89.6 cm³/mol. The minimum absolute atomic E-state index is 0.167. The topological polar surface area (TPSA) is 82.5 Å². The van der Waals surface area contributed by atoms with E-state index in [1.165, 1.54) is 29.6 Å². The van der Waals surface area contributed by atoms with E-state index in [0.29, 0.717) is 18.8 Å². The molecule has 2 aromatic heterocycles. The minimum Gasteiger partial charge on any atom is -0.386 e. The summed E-state index contributed by atoms with van der Waals surface area (Å²) in [4.78, 5) is 27.7. The number of anilines is 1. The van der Waals surface area contributed by atoms with E-state index in [2.05, 4.69) is 15.0 Å². The highest BCUT2D eigenvalue weighted by molar-refractivity contribution is 5.91. The van der Waals surface area contributed by atoms with Gasteiger partial charge in [0.15, 0.2) is 0 Å². The number of pyridine rings is 1. The fraction of sp³-hybridized carbons (Fsp3) is 0.412. The lowest BCUT2D eigenvalue weighted by Crippen LogP contribution is -2.55. The number of carbonyl (C=O) groups is 1. The number of hydrogen-bond acceptors (Lipinski definition) is 6. The average molecular weight is 345 g/mol. The second-order valence-corrected chi connectivity index (χ2v) is 6.34. The summed E-state index contributed by atoms with van der Waals surface area (Å²) in [5.74, 6) is -0.0775. The van der Waals surface area contributed by atoms with Crippen LogP contribution in [0.4, 0.5) is 10.2 Å². The zero-order valence-electron chi connectivity index (χ0n) is 14.0. The molecule has 1 aliphatic rings. The van der Waals surface area contributed by atoms with Crippen molar-refractivity contribution in [2.75, 3.05) is 31.6 Å². The van der Waals surface area contributed by atoms with Crippen molar-refractivity contribution in [2.45, 2.75) is 18.4 Å². The highest BCUT2D eigenvalue weighted by atomic mass is 19.1. The van der Waals surface area contributed by atoms with Gasteiger partial charge in [0.25, 0.3) is 5.91 Å². The molecule has 1 fully saturated rings. The van der Waals surface area contributed by atoms with Gasteiger partial charge in [0.05, 0.1) is 24.5 Å². The molecule has 0 bridgehead atoms. The highest BCUT2D eigenvalue weighted by Crippen LogP contribution is 2.26.